The number of nitrogens with zero attached hydrogens (tertiary/aromatic N) is 1. The molecular weight excluding hydrogens is 266 g/mol. The van der Waals surface area contributed by atoms with Crippen LogP contribution >= 0.6 is 0 Å². The molecule has 3 rings (SSSR count). The van der Waals surface area contributed by atoms with Crippen molar-refractivity contribution in [2.75, 3.05) is 0 Å². The third-order valence-electron chi connectivity index (χ3n) is 3.63. The highest BCUT2D eigenvalue weighted by molar-refractivity contribution is 5.89. The van der Waals surface area contributed by atoms with Crippen molar-refractivity contribution in [3.8, 4) is 5.75 Å². The Balaban J connectivity index is 1.87. The van der Waals surface area contributed by atoms with E-state index in [4.69, 9.17) is 4.74 Å². The summed E-state index contributed by atoms with van der Waals surface area (Å²) in [6, 6.07) is 18.6. The second-order valence-electron chi connectivity index (χ2n) is 5.08. The van der Waals surface area contributed by atoms with Gasteiger partial charge < -0.3 is 14.7 Å². The van der Waals surface area contributed by atoms with Gasteiger partial charge in [0.1, 0.15) is 18.0 Å². The third kappa shape index (κ3) is 2.50. The van der Waals surface area contributed by atoms with E-state index in [-0.39, 0.29) is 11.9 Å². The number of β-lactam (4-membered cyclic amide) rings is 1. The number of aliphatic hydroxyl groups excluding tert-OH is 1. The Kier molecular flexibility index (Phi) is 3.62. The van der Waals surface area contributed by atoms with Crippen molar-refractivity contribution < 1.29 is 14.6 Å². The number of ether oxygens (including phenoxy) is 1. The molecule has 0 spiro atoms. The van der Waals surface area contributed by atoms with E-state index in [1.165, 1.54) is 4.90 Å². The molecule has 2 aromatic rings. The minimum absolute atomic E-state index is 0.192. The normalized spacial score (nSPS) is 22.6. The van der Waals surface area contributed by atoms with Crippen molar-refractivity contribution in [1.29, 1.82) is 0 Å². The van der Waals surface area contributed by atoms with Gasteiger partial charge in [0, 0.05) is 0 Å². The first kappa shape index (κ1) is 13.6. The lowest BCUT2D eigenvalue weighted by molar-refractivity contribution is -0.182. The molecule has 1 amide bonds. The van der Waals surface area contributed by atoms with Crippen LogP contribution in [0.2, 0.25) is 0 Å². The van der Waals surface area contributed by atoms with E-state index >= 15 is 0 Å². The average Bonchev–Trinajstić information content (AvgIpc) is 2.51. The summed E-state index contributed by atoms with van der Waals surface area (Å²) in [4.78, 5) is 13.7. The van der Waals surface area contributed by atoms with Crippen molar-refractivity contribution in [2.24, 2.45) is 0 Å². The predicted molar refractivity (Wildman–Crippen MR) is 78.6 cm³/mol. The van der Waals surface area contributed by atoms with Crippen LogP contribution in [0.3, 0.4) is 0 Å². The van der Waals surface area contributed by atoms with Crippen LogP contribution in [0.1, 0.15) is 18.5 Å². The molecular formula is C17H17NO3. The molecule has 4 nitrogen and oxygen atoms in total. The first-order chi connectivity index (χ1) is 10.2. The topological polar surface area (TPSA) is 49.8 Å². The van der Waals surface area contributed by atoms with Crippen LogP contribution in [-0.2, 0) is 4.79 Å². The first-order valence-electron chi connectivity index (χ1n) is 6.95. The summed E-state index contributed by atoms with van der Waals surface area (Å²) in [5.41, 5.74) is 0.957. The Labute approximate surface area is 123 Å². The van der Waals surface area contributed by atoms with Crippen molar-refractivity contribution in [1.82, 2.24) is 4.90 Å². The summed E-state index contributed by atoms with van der Waals surface area (Å²) in [6.45, 7) is 1.59. The summed E-state index contributed by atoms with van der Waals surface area (Å²) < 4.78 is 5.81. The van der Waals surface area contributed by atoms with Crippen molar-refractivity contribution in [3.63, 3.8) is 0 Å². The van der Waals surface area contributed by atoms with Gasteiger partial charge in [-0.15, -0.1) is 0 Å². The molecule has 1 saturated heterocycles. The number of amides is 1. The lowest BCUT2D eigenvalue weighted by Gasteiger charge is -2.48. The van der Waals surface area contributed by atoms with Crippen LogP contribution in [0.4, 0.5) is 0 Å². The van der Waals surface area contributed by atoms with Gasteiger partial charge >= 0.3 is 0 Å². The molecule has 0 aromatic heterocycles. The molecule has 1 aliphatic heterocycles. The summed E-state index contributed by atoms with van der Waals surface area (Å²) in [5, 5.41) is 9.81. The molecule has 1 N–H and O–H groups in total. The Hall–Kier alpha value is -2.33. The lowest BCUT2D eigenvalue weighted by atomic mass is 9.90. The number of para-hydroxylation sites is 1. The standard InChI is InChI=1S/C17H17NO3/c1-12(19)18-15(13-8-4-2-5-9-13)16(17(18)20)21-14-10-6-3-7-11-14/h2-12,15-16,19H,1H3/t12?,15-,16+/m1/s1. The molecule has 0 saturated carbocycles. The summed E-state index contributed by atoms with van der Waals surface area (Å²) in [6.07, 6.45) is -1.43. The molecule has 1 aliphatic rings. The number of benzene rings is 2. The summed E-state index contributed by atoms with van der Waals surface area (Å²) in [5.74, 6) is 0.463. The minimum atomic E-state index is -0.835. The largest absolute Gasteiger partial charge is 0.478 e. The SMILES string of the molecule is CC(O)N1C(=O)[C@@H](Oc2ccccc2)[C@H]1c1ccccc1. The Morgan fingerprint density at radius 1 is 1.05 bits per heavy atom. The second kappa shape index (κ2) is 5.58. The molecule has 0 bridgehead atoms. The number of carbonyl (C=O) groups is 1. The van der Waals surface area contributed by atoms with E-state index in [1.54, 1.807) is 6.92 Å². The van der Waals surface area contributed by atoms with E-state index in [0.29, 0.717) is 5.75 Å². The van der Waals surface area contributed by atoms with Gasteiger partial charge in [-0.1, -0.05) is 48.5 Å². The van der Waals surface area contributed by atoms with Crippen LogP contribution in [-0.4, -0.2) is 28.2 Å². The smallest absolute Gasteiger partial charge is 0.268 e. The van der Waals surface area contributed by atoms with E-state index in [2.05, 4.69) is 0 Å². The molecule has 1 fully saturated rings. The molecule has 2 aromatic carbocycles. The monoisotopic (exact) mass is 283 g/mol. The van der Waals surface area contributed by atoms with Crippen molar-refractivity contribution in [2.45, 2.75) is 25.3 Å². The predicted octanol–water partition coefficient (Wildman–Crippen LogP) is 2.36. The average molecular weight is 283 g/mol. The molecule has 4 heteroatoms. The van der Waals surface area contributed by atoms with Gasteiger partial charge in [0.05, 0.1) is 0 Å². The van der Waals surface area contributed by atoms with E-state index in [1.807, 2.05) is 60.7 Å². The highest BCUT2D eigenvalue weighted by atomic mass is 16.5. The molecule has 1 unspecified atom stereocenters. The Bertz CT molecular complexity index is 612. The highest BCUT2D eigenvalue weighted by Gasteiger charge is 2.51. The number of carbonyl (C=O) groups excluding carboxylic acids is 1. The molecule has 0 radical (unpaired) electrons. The van der Waals surface area contributed by atoms with Crippen molar-refractivity contribution >= 4 is 5.91 Å². The van der Waals surface area contributed by atoms with Gasteiger partial charge in [-0.3, -0.25) is 4.79 Å². The summed E-state index contributed by atoms with van der Waals surface area (Å²) >= 11 is 0. The maximum Gasteiger partial charge on any atom is 0.268 e. The molecule has 108 valence electrons. The zero-order valence-corrected chi connectivity index (χ0v) is 11.7. The zero-order valence-electron chi connectivity index (χ0n) is 11.7. The van der Waals surface area contributed by atoms with Crippen LogP contribution < -0.4 is 4.74 Å². The van der Waals surface area contributed by atoms with Gasteiger partial charge in [-0.05, 0) is 24.6 Å². The summed E-state index contributed by atoms with van der Waals surface area (Å²) in [7, 11) is 0. The molecule has 21 heavy (non-hydrogen) atoms. The maximum absolute atomic E-state index is 12.2. The van der Waals surface area contributed by atoms with Crippen LogP contribution in [0.25, 0.3) is 0 Å². The lowest BCUT2D eigenvalue weighted by Crippen LogP contribution is -2.63. The zero-order chi connectivity index (χ0) is 14.8. The van der Waals surface area contributed by atoms with Gasteiger partial charge in [-0.2, -0.15) is 0 Å². The van der Waals surface area contributed by atoms with Crippen LogP contribution in [0, 0.1) is 0 Å². The minimum Gasteiger partial charge on any atom is -0.478 e. The fraction of sp³-hybridized carbons (Fsp3) is 0.235. The van der Waals surface area contributed by atoms with Gasteiger partial charge in [0.15, 0.2) is 0 Å². The first-order valence-corrected chi connectivity index (χ1v) is 6.95. The quantitative estimate of drug-likeness (QED) is 0.876. The van der Waals surface area contributed by atoms with Crippen LogP contribution in [0.5, 0.6) is 5.75 Å². The third-order valence-corrected chi connectivity index (χ3v) is 3.63. The number of rotatable bonds is 4. The van der Waals surface area contributed by atoms with Gasteiger partial charge in [0.2, 0.25) is 6.10 Å². The number of aliphatic hydroxyl groups is 1. The van der Waals surface area contributed by atoms with Crippen LogP contribution in [0.15, 0.2) is 60.7 Å². The number of hydrogen-bond donors (Lipinski definition) is 1. The highest BCUT2D eigenvalue weighted by Crippen LogP contribution is 2.38. The second-order valence-corrected chi connectivity index (χ2v) is 5.08. The van der Waals surface area contributed by atoms with Crippen molar-refractivity contribution in [3.05, 3.63) is 66.2 Å². The maximum atomic E-state index is 12.2. The fourth-order valence-electron chi connectivity index (χ4n) is 2.65. The Morgan fingerprint density at radius 3 is 2.19 bits per heavy atom. The van der Waals surface area contributed by atoms with Gasteiger partial charge in [-0.25, -0.2) is 0 Å². The Morgan fingerprint density at radius 2 is 1.62 bits per heavy atom. The number of hydrogen-bond acceptors (Lipinski definition) is 3. The van der Waals surface area contributed by atoms with E-state index in [9.17, 15) is 9.90 Å². The molecule has 1 heterocycles. The van der Waals surface area contributed by atoms with E-state index < -0.39 is 12.3 Å². The molecule has 0 aliphatic carbocycles. The number of likely N-dealkylation sites (tertiary alicyclic amines) is 1. The molecule has 3 atom stereocenters. The van der Waals surface area contributed by atoms with E-state index in [0.717, 1.165) is 5.56 Å². The fourth-order valence-corrected chi connectivity index (χ4v) is 2.65. The van der Waals surface area contributed by atoms with Gasteiger partial charge in [0.25, 0.3) is 5.91 Å².